The van der Waals surface area contributed by atoms with Crippen LogP contribution in [0.15, 0.2) is 170 Å². The van der Waals surface area contributed by atoms with Crippen LogP contribution in [0.2, 0.25) is 0 Å². The second-order valence-electron chi connectivity index (χ2n) is 20.4. The van der Waals surface area contributed by atoms with Crippen LogP contribution < -0.4 is 5.32 Å². The van der Waals surface area contributed by atoms with Crippen molar-refractivity contribution in [3.8, 4) is 0 Å². The van der Waals surface area contributed by atoms with Crippen molar-refractivity contribution in [3.05, 3.63) is 170 Å². The number of unbranched alkanes of at least 4 members (excludes halogenated alkanes) is 14. The van der Waals surface area contributed by atoms with Crippen molar-refractivity contribution in [2.24, 2.45) is 0 Å². The van der Waals surface area contributed by atoms with Crippen LogP contribution in [0.1, 0.15) is 206 Å². The summed E-state index contributed by atoms with van der Waals surface area (Å²) in [6, 6.07) is -0.860. The van der Waals surface area contributed by atoms with Crippen molar-refractivity contribution in [2.45, 2.75) is 249 Å². The normalized spacial score (nSPS) is 19.8. The maximum atomic E-state index is 13.1. The Morgan fingerprint density at radius 1 is 0.443 bits per heavy atom. The molecular formula is C70H111NO8. The van der Waals surface area contributed by atoms with E-state index >= 15 is 0 Å². The van der Waals surface area contributed by atoms with Crippen LogP contribution in [-0.2, 0) is 14.3 Å². The molecule has 1 aliphatic heterocycles. The van der Waals surface area contributed by atoms with E-state index in [2.05, 4.69) is 177 Å². The minimum Gasteiger partial charge on any atom is -0.394 e. The molecule has 0 aromatic heterocycles. The van der Waals surface area contributed by atoms with E-state index < -0.39 is 49.5 Å². The van der Waals surface area contributed by atoms with Crippen LogP contribution in [0.5, 0.6) is 0 Å². The largest absolute Gasteiger partial charge is 0.394 e. The van der Waals surface area contributed by atoms with Gasteiger partial charge in [0.05, 0.1) is 25.4 Å². The Hall–Kier alpha value is -4.45. The van der Waals surface area contributed by atoms with Crippen LogP contribution in [0.25, 0.3) is 0 Å². The van der Waals surface area contributed by atoms with E-state index in [9.17, 15) is 30.3 Å². The Morgan fingerprint density at radius 3 is 1.22 bits per heavy atom. The first kappa shape index (κ1) is 72.6. The Bertz CT molecular complexity index is 1840. The highest BCUT2D eigenvalue weighted by molar-refractivity contribution is 5.76. The highest BCUT2D eigenvalue weighted by Crippen LogP contribution is 2.22. The molecule has 9 nitrogen and oxygen atoms in total. The van der Waals surface area contributed by atoms with E-state index in [0.717, 1.165) is 116 Å². The number of nitrogens with one attached hydrogen (secondary N) is 1. The minimum absolute atomic E-state index is 0.230. The molecule has 79 heavy (non-hydrogen) atoms. The van der Waals surface area contributed by atoms with Crippen LogP contribution >= 0.6 is 0 Å². The van der Waals surface area contributed by atoms with Crippen LogP contribution in [0, 0.1) is 0 Å². The molecule has 444 valence electrons. The highest BCUT2D eigenvalue weighted by Gasteiger charge is 2.44. The van der Waals surface area contributed by atoms with E-state index in [-0.39, 0.29) is 18.9 Å². The first-order valence-corrected chi connectivity index (χ1v) is 30.9. The molecule has 0 bridgehead atoms. The van der Waals surface area contributed by atoms with Crippen LogP contribution in [0.3, 0.4) is 0 Å². The molecule has 9 heteroatoms. The van der Waals surface area contributed by atoms with Gasteiger partial charge in [0.25, 0.3) is 0 Å². The average molecular weight is 1090 g/mol. The lowest BCUT2D eigenvalue weighted by Gasteiger charge is -2.40. The molecule has 7 unspecified atom stereocenters. The molecule has 0 saturated carbocycles. The molecule has 0 aromatic carbocycles. The third-order valence-corrected chi connectivity index (χ3v) is 13.3. The lowest BCUT2D eigenvalue weighted by Crippen LogP contribution is -2.60. The fraction of sp³-hybridized carbons (Fsp3) is 0.586. The number of aliphatic hydroxyl groups is 5. The fourth-order valence-electron chi connectivity index (χ4n) is 8.43. The zero-order chi connectivity index (χ0) is 57.2. The van der Waals surface area contributed by atoms with Crippen molar-refractivity contribution in [1.29, 1.82) is 0 Å². The number of allylic oxidation sites excluding steroid dienone is 27. The summed E-state index contributed by atoms with van der Waals surface area (Å²) in [5, 5.41) is 54.5. The predicted octanol–water partition coefficient (Wildman–Crippen LogP) is 16.2. The Balaban J connectivity index is 2.27. The maximum Gasteiger partial charge on any atom is 0.220 e. The number of hydrogen-bond donors (Lipinski definition) is 6. The second-order valence-corrected chi connectivity index (χ2v) is 20.4. The molecule has 1 heterocycles. The minimum atomic E-state index is -1.59. The molecule has 1 rings (SSSR count). The fourth-order valence-corrected chi connectivity index (χ4v) is 8.43. The van der Waals surface area contributed by atoms with Gasteiger partial charge in [-0.25, -0.2) is 0 Å². The van der Waals surface area contributed by atoms with Gasteiger partial charge >= 0.3 is 0 Å². The van der Waals surface area contributed by atoms with Crippen molar-refractivity contribution in [1.82, 2.24) is 5.32 Å². The molecule has 6 N–H and O–H groups in total. The maximum absolute atomic E-state index is 13.1. The molecule has 1 aliphatic rings. The van der Waals surface area contributed by atoms with Gasteiger partial charge in [0, 0.05) is 6.42 Å². The van der Waals surface area contributed by atoms with Gasteiger partial charge in [-0.05, 0) is 128 Å². The summed E-state index contributed by atoms with van der Waals surface area (Å²) in [7, 11) is 0. The molecular weight excluding hydrogens is 983 g/mol. The summed E-state index contributed by atoms with van der Waals surface area (Å²) >= 11 is 0. The standard InChI is InChI=1S/C70H111NO8/c1-3-5-7-9-11-13-15-17-19-21-23-24-25-26-27-28-29-30-31-32-33-34-35-36-37-38-39-40-42-44-46-48-50-52-54-56-58-60-66(74)71-63(62-78-70-69(77)68(76)67(75)65(61-72)79-70)64(73)59-57-55-53-51-49-47-45-43-41-22-20-18-16-14-12-10-8-6-4-2/h5,7,11,13,17,19,23-24,26-27,29-30,32-33,35-36,38-39,41-44,48-51,57,59,63-65,67-70,72-73,75-77H,3-4,6,8-10,12,14-16,18,20-22,25,28,31,34,37,40,45-47,52-56,58,60-62H2,1-2H3,(H,71,74)/b7-5-,13-11-,19-17-,24-23-,27-26-,30-29-,33-32-,36-35-,39-38-,43-41+,44-42-,50-48-,51-49+,59-57+. The molecule has 0 radical (unpaired) electrons. The van der Waals surface area contributed by atoms with Crippen LogP contribution in [-0.4, -0.2) is 87.5 Å². The van der Waals surface area contributed by atoms with Gasteiger partial charge in [0.15, 0.2) is 6.29 Å². The third kappa shape index (κ3) is 45.9. The predicted molar refractivity (Wildman–Crippen MR) is 335 cm³/mol. The molecule has 0 spiro atoms. The van der Waals surface area contributed by atoms with E-state index in [4.69, 9.17) is 9.47 Å². The van der Waals surface area contributed by atoms with Crippen molar-refractivity contribution in [3.63, 3.8) is 0 Å². The van der Waals surface area contributed by atoms with E-state index in [0.29, 0.717) is 12.8 Å². The number of hydrogen-bond acceptors (Lipinski definition) is 8. The van der Waals surface area contributed by atoms with Gasteiger partial charge < -0.3 is 40.3 Å². The first-order valence-electron chi connectivity index (χ1n) is 30.9. The Labute approximate surface area is 481 Å². The highest BCUT2D eigenvalue weighted by atomic mass is 16.7. The lowest BCUT2D eigenvalue weighted by atomic mass is 9.99. The summed E-state index contributed by atoms with van der Waals surface area (Å²) in [5.41, 5.74) is 0. The van der Waals surface area contributed by atoms with Gasteiger partial charge in [0.2, 0.25) is 5.91 Å². The SMILES string of the molecule is CC/C=C\C/C=C\C/C=C\C/C=C\C/C=C\C/C=C\C/C=C\C/C=C\C/C=C\C/C=C\C/C=C\CCCCCC(=O)NC(COC1OC(CO)C(O)C(O)C1O)C(O)/C=C/CC/C=C/CC/C=C/CCCCCCCCCCC. The van der Waals surface area contributed by atoms with Crippen molar-refractivity contribution >= 4 is 5.91 Å². The number of carbonyl (C=O) groups is 1. The number of carbonyl (C=O) groups excluding carboxylic acids is 1. The van der Waals surface area contributed by atoms with Crippen molar-refractivity contribution in [2.75, 3.05) is 13.2 Å². The number of rotatable bonds is 50. The van der Waals surface area contributed by atoms with E-state index in [1.165, 1.54) is 57.8 Å². The van der Waals surface area contributed by atoms with Gasteiger partial charge in [-0.3, -0.25) is 4.79 Å². The first-order chi connectivity index (χ1) is 38.8. The number of amides is 1. The van der Waals surface area contributed by atoms with Crippen molar-refractivity contribution < 1.29 is 39.8 Å². The Kier molecular flexibility index (Phi) is 52.2. The van der Waals surface area contributed by atoms with E-state index in [1.54, 1.807) is 6.08 Å². The topological polar surface area (TPSA) is 149 Å². The summed E-state index contributed by atoms with van der Waals surface area (Å²) in [6.07, 6.45) is 84.2. The summed E-state index contributed by atoms with van der Waals surface area (Å²) in [6.45, 7) is 3.60. The molecule has 1 fully saturated rings. The second kappa shape index (κ2) is 56.8. The van der Waals surface area contributed by atoms with Crippen LogP contribution in [0.4, 0.5) is 0 Å². The number of aliphatic hydroxyl groups excluding tert-OH is 5. The zero-order valence-corrected chi connectivity index (χ0v) is 49.3. The smallest absolute Gasteiger partial charge is 0.220 e. The summed E-state index contributed by atoms with van der Waals surface area (Å²) in [5.74, 6) is -0.230. The van der Waals surface area contributed by atoms with Gasteiger partial charge in [-0.1, -0.05) is 242 Å². The molecule has 7 atom stereocenters. The molecule has 1 saturated heterocycles. The monoisotopic (exact) mass is 1090 g/mol. The molecule has 0 aromatic rings. The zero-order valence-electron chi connectivity index (χ0n) is 49.3. The quantitative estimate of drug-likeness (QED) is 0.0261. The van der Waals surface area contributed by atoms with E-state index in [1.807, 2.05) is 6.08 Å². The van der Waals surface area contributed by atoms with Gasteiger partial charge in [-0.15, -0.1) is 0 Å². The molecule has 1 amide bonds. The molecule has 0 aliphatic carbocycles. The summed E-state index contributed by atoms with van der Waals surface area (Å²) in [4.78, 5) is 13.1. The Morgan fingerprint density at radius 2 is 0.797 bits per heavy atom. The number of ether oxygens (including phenoxy) is 2. The lowest BCUT2D eigenvalue weighted by molar-refractivity contribution is -0.302. The van der Waals surface area contributed by atoms with Gasteiger partial charge in [0.1, 0.15) is 24.4 Å². The third-order valence-electron chi connectivity index (χ3n) is 13.3. The van der Waals surface area contributed by atoms with Gasteiger partial charge in [-0.2, -0.15) is 0 Å². The summed E-state index contributed by atoms with van der Waals surface area (Å²) < 4.78 is 11.2. The average Bonchev–Trinajstić information content (AvgIpc) is 3.46.